The molecule has 2 saturated carbocycles. The van der Waals surface area contributed by atoms with Gasteiger partial charge in [-0.25, -0.2) is 0 Å². The van der Waals surface area contributed by atoms with E-state index in [4.69, 9.17) is 4.74 Å². The maximum absolute atomic E-state index is 9.27. The molecule has 13 heavy (non-hydrogen) atoms. The Morgan fingerprint density at radius 1 is 1.38 bits per heavy atom. The summed E-state index contributed by atoms with van der Waals surface area (Å²) in [5, 5.41) is 9.27. The first-order valence-corrected chi connectivity index (χ1v) is 6.09. The van der Waals surface area contributed by atoms with E-state index in [-0.39, 0.29) is 0 Å². The Morgan fingerprint density at radius 2 is 2.23 bits per heavy atom. The molecule has 0 aromatic rings. The molecule has 0 unspecified atom stereocenters. The van der Waals surface area contributed by atoms with Gasteiger partial charge in [-0.3, -0.25) is 0 Å². The van der Waals surface area contributed by atoms with Crippen LogP contribution in [0.15, 0.2) is 0 Å². The minimum Gasteiger partial charge on any atom is -0.396 e. The lowest BCUT2D eigenvalue weighted by Crippen LogP contribution is -2.20. The summed E-state index contributed by atoms with van der Waals surface area (Å²) in [6, 6.07) is 0. The predicted octanol–water partition coefficient (Wildman–Crippen LogP) is 1.41. The highest BCUT2D eigenvalue weighted by atomic mass is 79.9. The molecule has 0 aromatic carbocycles. The average molecular weight is 247 g/mol. The second-order valence-electron chi connectivity index (χ2n) is 4.73. The Balaban J connectivity index is 1.88. The third kappa shape index (κ3) is 1.07. The van der Waals surface area contributed by atoms with Gasteiger partial charge in [0.15, 0.2) is 0 Å². The summed E-state index contributed by atoms with van der Waals surface area (Å²) >= 11 is 3.70. The number of rotatable bonds is 1. The lowest BCUT2D eigenvalue weighted by atomic mass is 9.91. The molecule has 3 rings (SSSR count). The van der Waals surface area contributed by atoms with Crippen molar-refractivity contribution in [2.75, 3.05) is 13.2 Å². The van der Waals surface area contributed by atoms with Gasteiger partial charge in [-0.05, 0) is 36.5 Å². The third-order valence-electron chi connectivity index (χ3n) is 4.22. The van der Waals surface area contributed by atoms with Crippen LogP contribution in [-0.4, -0.2) is 29.3 Å². The molecular weight excluding hydrogens is 232 g/mol. The summed E-state index contributed by atoms with van der Waals surface area (Å²) in [6.07, 6.45) is 2.85. The van der Waals surface area contributed by atoms with E-state index < -0.39 is 0 Å². The highest BCUT2D eigenvalue weighted by molar-refractivity contribution is 9.09. The van der Waals surface area contributed by atoms with Crippen LogP contribution in [0.5, 0.6) is 0 Å². The van der Waals surface area contributed by atoms with Crippen molar-refractivity contribution in [3.05, 3.63) is 0 Å². The van der Waals surface area contributed by atoms with E-state index in [0.717, 1.165) is 24.4 Å². The van der Waals surface area contributed by atoms with Crippen LogP contribution in [0.3, 0.4) is 0 Å². The van der Waals surface area contributed by atoms with E-state index in [9.17, 15) is 5.11 Å². The summed E-state index contributed by atoms with van der Waals surface area (Å²) in [6.45, 7) is 1.31. The lowest BCUT2D eigenvalue weighted by Gasteiger charge is -2.15. The van der Waals surface area contributed by atoms with Crippen molar-refractivity contribution in [1.82, 2.24) is 0 Å². The highest BCUT2D eigenvalue weighted by Gasteiger charge is 2.57. The van der Waals surface area contributed by atoms with Gasteiger partial charge in [0, 0.05) is 11.4 Å². The van der Waals surface area contributed by atoms with Gasteiger partial charge in [0.2, 0.25) is 0 Å². The van der Waals surface area contributed by atoms with Crippen LogP contribution in [0.1, 0.15) is 12.8 Å². The smallest absolute Gasteiger partial charge is 0.0734 e. The predicted molar refractivity (Wildman–Crippen MR) is 52.7 cm³/mol. The Hall–Kier alpha value is 0.400. The van der Waals surface area contributed by atoms with Crippen LogP contribution in [0.25, 0.3) is 0 Å². The van der Waals surface area contributed by atoms with E-state index in [1.54, 1.807) is 0 Å². The van der Waals surface area contributed by atoms with Crippen molar-refractivity contribution < 1.29 is 9.84 Å². The van der Waals surface area contributed by atoms with Crippen molar-refractivity contribution in [1.29, 1.82) is 0 Å². The zero-order valence-electron chi connectivity index (χ0n) is 7.53. The molecule has 0 spiro atoms. The number of hydrogen-bond donors (Lipinski definition) is 1. The molecule has 3 heteroatoms. The quantitative estimate of drug-likeness (QED) is 0.710. The standard InChI is InChI=1S/C10H15BrO2/c11-8-2-7-5(3-12)1-6-4-13-10(8)9(6)7/h5-10,12H,1-4H2/t5-,6+,7+,8-,9-,10+/m0/s1. The fourth-order valence-electron chi connectivity index (χ4n) is 3.72. The minimum atomic E-state index is 0.379. The number of aliphatic hydroxyl groups is 1. The minimum absolute atomic E-state index is 0.379. The van der Waals surface area contributed by atoms with E-state index in [1.165, 1.54) is 12.8 Å². The van der Waals surface area contributed by atoms with Crippen molar-refractivity contribution >= 4 is 15.9 Å². The maximum atomic E-state index is 9.27. The van der Waals surface area contributed by atoms with Crippen LogP contribution < -0.4 is 0 Å². The first-order chi connectivity index (χ1) is 6.31. The van der Waals surface area contributed by atoms with Crippen LogP contribution >= 0.6 is 15.9 Å². The van der Waals surface area contributed by atoms with E-state index >= 15 is 0 Å². The summed E-state index contributed by atoms with van der Waals surface area (Å²) in [7, 11) is 0. The topological polar surface area (TPSA) is 29.5 Å². The molecule has 74 valence electrons. The van der Waals surface area contributed by atoms with Gasteiger partial charge < -0.3 is 9.84 Å². The first kappa shape index (κ1) is 8.69. The van der Waals surface area contributed by atoms with E-state index in [0.29, 0.717) is 23.5 Å². The number of halogens is 1. The van der Waals surface area contributed by atoms with Crippen molar-refractivity contribution in [3.63, 3.8) is 0 Å². The molecule has 3 aliphatic rings. The molecule has 2 nitrogen and oxygen atoms in total. The van der Waals surface area contributed by atoms with E-state index in [1.807, 2.05) is 0 Å². The molecule has 6 atom stereocenters. The first-order valence-electron chi connectivity index (χ1n) is 5.17. The van der Waals surface area contributed by atoms with Crippen molar-refractivity contribution in [2.24, 2.45) is 23.7 Å². The molecule has 1 aliphatic heterocycles. The van der Waals surface area contributed by atoms with Gasteiger partial charge >= 0.3 is 0 Å². The van der Waals surface area contributed by atoms with Crippen LogP contribution in [0.2, 0.25) is 0 Å². The summed E-state index contributed by atoms with van der Waals surface area (Å²) in [4.78, 5) is 0.543. The van der Waals surface area contributed by atoms with E-state index in [2.05, 4.69) is 15.9 Å². The fourth-order valence-corrected chi connectivity index (χ4v) is 4.66. The van der Waals surface area contributed by atoms with Gasteiger partial charge in [0.1, 0.15) is 0 Å². The van der Waals surface area contributed by atoms with Gasteiger partial charge in [-0.2, -0.15) is 0 Å². The molecule has 1 heterocycles. The Morgan fingerprint density at radius 3 is 3.00 bits per heavy atom. The Bertz CT molecular complexity index is 221. The largest absolute Gasteiger partial charge is 0.396 e. The summed E-state index contributed by atoms with van der Waals surface area (Å²) in [5.41, 5.74) is 0. The third-order valence-corrected chi connectivity index (χ3v) is 5.12. The monoisotopic (exact) mass is 246 g/mol. The van der Waals surface area contributed by atoms with Crippen molar-refractivity contribution in [3.8, 4) is 0 Å². The van der Waals surface area contributed by atoms with Gasteiger partial charge in [-0.1, -0.05) is 15.9 Å². The Kier molecular flexibility index (Phi) is 1.97. The summed E-state index contributed by atoms with van der Waals surface area (Å²) in [5.74, 6) is 2.78. The second kappa shape index (κ2) is 2.94. The van der Waals surface area contributed by atoms with Crippen LogP contribution in [-0.2, 0) is 4.74 Å². The van der Waals surface area contributed by atoms with Crippen LogP contribution in [0, 0.1) is 23.7 Å². The Labute approximate surface area is 86.8 Å². The summed E-state index contributed by atoms with van der Waals surface area (Å²) < 4.78 is 5.79. The molecule has 0 bridgehead atoms. The molecule has 0 aromatic heterocycles. The molecular formula is C10H15BrO2. The van der Waals surface area contributed by atoms with Gasteiger partial charge in [-0.15, -0.1) is 0 Å². The number of hydrogen-bond acceptors (Lipinski definition) is 2. The maximum Gasteiger partial charge on any atom is 0.0734 e. The zero-order valence-corrected chi connectivity index (χ0v) is 9.11. The number of alkyl halides is 1. The molecule has 1 saturated heterocycles. The molecule has 2 aliphatic carbocycles. The number of aliphatic hydroxyl groups excluding tert-OH is 1. The second-order valence-corrected chi connectivity index (χ2v) is 5.91. The molecule has 0 radical (unpaired) electrons. The molecule has 1 N–H and O–H groups in total. The molecule has 0 amide bonds. The fraction of sp³-hybridized carbons (Fsp3) is 1.00. The lowest BCUT2D eigenvalue weighted by molar-refractivity contribution is 0.0910. The normalized spacial score (nSPS) is 58.6. The van der Waals surface area contributed by atoms with Gasteiger partial charge in [0.05, 0.1) is 12.7 Å². The zero-order chi connectivity index (χ0) is 9.00. The molecule has 3 fully saturated rings. The average Bonchev–Trinajstić information content (AvgIpc) is 2.70. The van der Waals surface area contributed by atoms with Gasteiger partial charge in [0.25, 0.3) is 0 Å². The van der Waals surface area contributed by atoms with Crippen molar-refractivity contribution in [2.45, 2.75) is 23.8 Å². The number of ether oxygens (including phenoxy) is 1. The highest BCUT2D eigenvalue weighted by Crippen LogP contribution is 2.56. The SMILES string of the molecule is OC[C@@H]1C[C@@H]2CO[C@H]3[C@@H]2[C@@H]1C[C@@H]3Br. The van der Waals surface area contributed by atoms with Crippen LogP contribution in [0.4, 0.5) is 0 Å².